The molecule has 0 aromatic carbocycles. The summed E-state index contributed by atoms with van der Waals surface area (Å²) in [5.74, 6) is 1.52. The van der Waals surface area contributed by atoms with Gasteiger partial charge in [-0.25, -0.2) is 4.98 Å². The molecule has 0 aliphatic carbocycles. The molecule has 0 radical (unpaired) electrons. The fourth-order valence-corrected chi connectivity index (χ4v) is 1.65. The maximum atomic E-state index is 5.65. The molecule has 0 saturated heterocycles. The van der Waals surface area contributed by atoms with E-state index in [-0.39, 0.29) is 0 Å². The zero-order chi connectivity index (χ0) is 11.5. The topological polar surface area (TPSA) is 69.9 Å². The highest BCUT2D eigenvalue weighted by Gasteiger charge is 2.11. The molecule has 86 valence electrons. The van der Waals surface area contributed by atoms with Gasteiger partial charge in [-0.15, -0.1) is 0 Å². The molecule has 2 heterocycles. The third-order valence-electron chi connectivity index (χ3n) is 2.43. The monoisotopic (exact) mass is 220 g/mol. The number of hydrogen-bond donors (Lipinski definition) is 1. The Kier molecular flexibility index (Phi) is 3.05. The molecule has 0 unspecified atom stereocenters. The second-order valence-electron chi connectivity index (χ2n) is 3.81. The van der Waals surface area contributed by atoms with Crippen molar-refractivity contribution in [3.8, 4) is 11.3 Å². The molecular weight excluding hydrogens is 204 g/mol. The molecule has 2 rings (SSSR count). The van der Waals surface area contributed by atoms with Crippen molar-refractivity contribution in [1.82, 2.24) is 14.8 Å². The number of oxazole rings is 1. The van der Waals surface area contributed by atoms with E-state index in [0.29, 0.717) is 6.54 Å². The molecule has 0 spiro atoms. The average Bonchev–Trinajstić information content (AvgIpc) is 2.82. The van der Waals surface area contributed by atoms with Gasteiger partial charge in [-0.05, 0) is 19.9 Å². The van der Waals surface area contributed by atoms with Crippen molar-refractivity contribution >= 4 is 0 Å². The van der Waals surface area contributed by atoms with Gasteiger partial charge in [0.25, 0.3) is 0 Å². The van der Waals surface area contributed by atoms with E-state index in [1.54, 1.807) is 10.9 Å². The van der Waals surface area contributed by atoms with Crippen LogP contribution in [0.3, 0.4) is 0 Å². The average molecular weight is 220 g/mol. The number of nitrogens with two attached hydrogens (primary N) is 1. The Morgan fingerprint density at radius 3 is 2.94 bits per heavy atom. The van der Waals surface area contributed by atoms with Crippen LogP contribution in [0, 0.1) is 6.92 Å². The second-order valence-corrected chi connectivity index (χ2v) is 3.81. The van der Waals surface area contributed by atoms with Crippen LogP contribution < -0.4 is 5.73 Å². The lowest BCUT2D eigenvalue weighted by atomic mass is 10.2. The van der Waals surface area contributed by atoms with Crippen LogP contribution in [0.5, 0.6) is 0 Å². The van der Waals surface area contributed by atoms with Crippen LogP contribution in [0.15, 0.2) is 16.8 Å². The first-order chi connectivity index (χ1) is 7.70. The SMILES string of the molecule is Cc1nn(C)cc1-c1cnc(CCCN)o1. The van der Waals surface area contributed by atoms with E-state index < -0.39 is 0 Å². The number of hydrogen-bond acceptors (Lipinski definition) is 4. The highest BCUT2D eigenvalue weighted by molar-refractivity contribution is 5.58. The van der Waals surface area contributed by atoms with E-state index in [0.717, 1.165) is 35.7 Å². The van der Waals surface area contributed by atoms with E-state index in [4.69, 9.17) is 10.2 Å². The largest absolute Gasteiger partial charge is 0.441 e. The molecule has 5 nitrogen and oxygen atoms in total. The highest BCUT2D eigenvalue weighted by atomic mass is 16.4. The lowest BCUT2D eigenvalue weighted by Gasteiger charge is -1.93. The molecule has 0 bridgehead atoms. The Bertz CT molecular complexity index is 472. The van der Waals surface area contributed by atoms with Gasteiger partial charge in [0.2, 0.25) is 0 Å². The van der Waals surface area contributed by atoms with Crippen molar-refractivity contribution in [2.45, 2.75) is 19.8 Å². The Morgan fingerprint density at radius 2 is 2.31 bits per heavy atom. The van der Waals surface area contributed by atoms with Crippen molar-refractivity contribution in [1.29, 1.82) is 0 Å². The molecular formula is C11H16N4O. The summed E-state index contributed by atoms with van der Waals surface area (Å²) in [6, 6.07) is 0. The smallest absolute Gasteiger partial charge is 0.194 e. The number of aryl methyl sites for hydroxylation is 3. The highest BCUT2D eigenvalue weighted by Crippen LogP contribution is 2.23. The second kappa shape index (κ2) is 4.49. The van der Waals surface area contributed by atoms with Gasteiger partial charge in [0.15, 0.2) is 11.7 Å². The van der Waals surface area contributed by atoms with Crippen LogP contribution >= 0.6 is 0 Å². The van der Waals surface area contributed by atoms with Gasteiger partial charge in [-0.1, -0.05) is 0 Å². The van der Waals surface area contributed by atoms with Gasteiger partial charge in [-0.2, -0.15) is 5.10 Å². The summed E-state index contributed by atoms with van der Waals surface area (Å²) < 4.78 is 7.42. The zero-order valence-electron chi connectivity index (χ0n) is 9.60. The van der Waals surface area contributed by atoms with Gasteiger partial charge in [0, 0.05) is 19.7 Å². The lowest BCUT2D eigenvalue weighted by molar-refractivity contribution is 0.499. The fraction of sp³-hybridized carbons (Fsp3) is 0.455. The fourth-order valence-electron chi connectivity index (χ4n) is 1.65. The Balaban J connectivity index is 2.21. The molecule has 2 aromatic heterocycles. The van der Waals surface area contributed by atoms with Crippen LogP contribution in [0.2, 0.25) is 0 Å². The predicted octanol–water partition coefficient (Wildman–Crippen LogP) is 1.27. The van der Waals surface area contributed by atoms with Crippen molar-refractivity contribution in [3.63, 3.8) is 0 Å². The summed E-state index contributed by atoms with van der Waals surface area (Å²) in [6.45, 7) is 2.61. The molecule has 0 aliphatic rings. The zero-order valence-corrected chi connectivity index (χ0v) is 9.60. The van der Waals surface area contributed by atoms with Crippen LogP contribution in [-0.4, -0.2) is 21.3 Å². The Hall–Kier alpha value is -1.62. The van der Waals surface area contributed by atoms with Gasteiger partial charge in [0.1, 0.15) is 0 Å². The minimum Gasteiger partial charge on any atom is -0.441 e. The third kappa shape index (κ3) is 2.14. The Morgan fingerprint density at radius 1 is 1.50 bits per heavy atom. The van der Waals surface area contributed by atoms with E-state index in [2.05, 4.69) is 10.1 Å². The van der Waals surface area contributed by atoms with Crippen molar-refractivity contribution < 1.29 is 4.42 Å². The molecule has 2 aromatic rings. The molecule has 0 fully saturated rings. The first-order valence-electron chi connectivity index (χ1n) is 5.36. The maximum Gasteiger partial charge on any atom is 0.194 e. The molecule has 0 saturated carbocycles. The van der Waals surface area contributed by atoms with E-state index in [1.807, 2.05) is 20.2 Å². The standard InChI is InChI=1S/C11H16N4O/c1-8-9(7-15(2)14-8)10-6-13-11(16-10)4-3-5-12/h6-7H,3-5,12H2,1-2H3. The maximum absolute atomic E-state index is 5.65. The first kappa shape index (κ1) is 10.9. The number of rotatable bonds is 4. The van der Waals surface area contributed by atoms with Crippen molar-refractivity contribution in [2.75, 3.05) is 6.54 Å². The summed E-state index contributed by atoms with van der Waals surface area (Å²) in [7, 11) is 1.89. The molecule has 0 amide bonds. The summed E-state index contributed by atoms with van der Waals surface area (Å²) in [6.07, 6.45) is 5.36. The van der Waals surface area contributed by atoms with Gasteiger partial charge < -0.3 is 10.2 Å². The van der Waals surface area contributed by atoms with Gasteiger partial charge in [-0.3, -0.25) is 4.68 Å². The van der Waals surface area contributed by atoms with Crippen LogP contribution in [0.25, 0.3) is 11.3 Å². The molecule has 5 heteroatoms. The minimum atomic E-state index is 0.656. The third-order valence-corrected chi connectivity index (χ3v) is 2.43. The molecule has 16 heavy (non-hydrogen) atoms. The van der Waals surface area contributed by atoms with Crippen molar-refractivity contribution in [2.24, 2.45) is 12.8 Å². The summed E-state index contributed by atoms with van der Waals surface area (Å²) in [5.41, 5.74) is 7.38. The molecule has 0 aliphatic heterocycles. The molecule has 0 atom stereocenters. The predicted molar refractivity (Wildman–Crippen MR) is 60.8 cm³/mol. The first-order valence-corrected chi connectivity index (χ1v) is 5.36. The summed E-state index contributed by atoms with van der Waals surface area (Å²) >= 11 is 0. The normalized spacial score (nSPS) is 10.9. The van der Waals surface area contributed by atoms with E-state index >= 15 is 0 Å². The van der Waals surface area contributed by atoms with Crippen LogP contribution in [-0.2, 0) is 13.5 Å². The van der Waals surface area contributed by atoms with Crippen LogP contribution in [0.1, 0.15) is 18.0 Å². The van der Waals surface area contributed by atoms with Crippen LogP contribution in [0.4, 0.5) is 0 Å². The summed E-state index contributed by atoms with van der Waals surface area (Å²) in [5, 5.41) is 4.27. The van der Waals surface area contributed by atoms with Gasteiger partial charge >= 0.3 is 0 Å². The quantitative estimate of drug-likeness (QED) is 0.842. The minimum absolute atomic E-state index is 0.656. The van der Waals surface area contributed by atoms with E-state index in [9.17, 15) is 0 Å². The number of nitrogens with zero attached hydrogens (tertiary/aromatic N) is 3. The van der Waals surface area contributed by atoms with Crippen molar-refractivity contribution in [3.05, 3.63) is 24.0 Å². The Labute approximate surface area is 94.3 Å². The molecule has 2 N–H and O–H groups in total. The number of aromatic nitrogens is 3. The van der Waals surface area contributed by atoms with Gasteiger partial charge in [0.05, 0.1) is 17.5 Å². The lowest BCUT2D eigenvalue weighted by Crippen LogP contribution is -2.00. The van der Waals surface area contributed by atoms with E-state index in [1.165, 1.54) is 0 Å². The summed E-state index contributed by atoms with van der Waals surface area (Å²) in [4.78, 5) is 4.22.